The molecule has 154 valence electrons. The van der Waals surface area contributed by atoms with Crippen molar-refractivity contribution in [2.75, 3.05) is 7.05 Å². The number of rotatable bonds is 6. The Morgan fingerprint density at radius 1 is 1.03 bits per heavy atom. The van der Waals surface area contributed by atoms with E-state index in [1.165, 1.54) is 0 Å². The molecule has 0 bridgehead atoms. The molecule has 1 amide bonds. The van der Waals surface area contributed by atoms with E-state index in [1.54, 1.807) is 0 Å². The van der Waals surface area contributed by atoms with E-state index in [4.69, 9.17) is 4.42 Å². The standard InChI is InChI=1S/C25H26N2O3/c1-27(20-13-6-16(14-20)15-22(28)17-7-8-17)25(29)19-11-9-18(10-12-19)24-26-21-4-2-3-5-23(21)30-24/h2-5,9-12,16-17,20H,6-8,13-15H2,1H3/t16-,20+/m0/s1. The van der Waals surface area contributed by atoms with Crippen molar-refractivity contribution in [3.05, 3.63) is 54.1 Å². The fourth-order valence-corrected chi connectivity index (χ4v) is 4.56. The van der Waals surface area contributed by atoms with Gasteiger partial charge in [0.2, 0.25) is 5.89 Å². The lowest BCUT2D eigenvalue weighted by molar-refractivity contribution is -0.121. The second kappa shape index (κ2) is 7.71. The number of hydrogen-bond donors (Lipinski definition) is 0. The minimum Gasteiger partial charge on any atom is -0.436 e. The summed E-state index contributed by atoms with van der Waals surface area (Å²) in [5.41, 5.74) is 3.09. The minimum absolute atomic E-state index is 0.0262. The molecule has 1 aromatic heterocycles. The zero-order chi connectivity index (χ0) is 20.7. The smallest absolute Gasteiger partial charge is 0.253 e. The average Bonchev–Trinajstić information content (AvgIpc) is 3.37. The maximum atomic E-state index is 13.0. The predicted octanol–water partition coefficient (Wildman–Crippen LogP) is 5.10. The lowest BCUT2D eigenvalue weighted by atomic mass is 9.98. The normalized spacial score (nSPS) is 21.1. The molecule has 0 N–H and O–H groups in total. The van der Waals surface area contributed by atoms with Gasteiger partial charge in [-0.05, 0) is 74.4 Å². The van der Waals surface area contributed by atoms with Gasteiger partial charge in [-0.3, -0.25) is 9.59 Å². The van der Waals surface area contributed by atoms with Gasteiger partial charge in [-0.1, -0.05) is 12.1 Å². The summed E-state index contributed by atoms with van der Waals surface area (Å²) in [6.07, 6.45) is 5.80. The molecule has 1 heterocycles. The van der Waals surface area contributed by atoms with Gasteiger partial charge in [0.15, 0.2) is 5.58 Å². The lowest BCUT2D eigenvalue weighted by Gasteiger charge is -2.25. The van der Waals surface area contributed by atoms with E-state index < -0.39 is 0 Å². The van der Waals surface area contributed by atoms with Gasteiger partial charge < -0.3 is 9.32 Å². The Hall–Kier alpha value is -2.95. The highest BCUT2D eigenvalue weighted by atomic mass is 16.3. The van der Waals surface area contributed by atoms with Crippen LogP contribution < -0.4 is 0 Å². The summed E-state index contributed by atoms with van der Waals surface area (Å²) in [4.78, 5) is 31.5. The zero-order valence-corrected chi connectivity index (χ0v) is 17.2. The van der Waals surface area contributed by atoms with Gasteiger partial charge in [0.25, 0.3) is 5.91 Å². The van der Waals surface area contributed by atoms with E-state index in [0.717, 1.165) is 48.8 Å². The molecule has 5 heteroatoms. The van der Waals surface area contributed by atoms with Crippen LogP contribution in [0.1, 0.15) is 48.9 Å². The first-order chi connectivity index (χ1) is 14.6. The van der Waals surface area contributed by atoms with Crippen LogP contribution in [0, 0.1) is 11.8 Å². The largest absolute Gasteiger partial charge is 0.436 e. The van der Waals surface area contributed by atoms with E-state index in [2.05, 4.69) is 4.98 Å². The number of amides is 1. The molecule has 30 heavy (non-hydrogen) atoms. The summed E-state index contributed by atoms with van der Waals surface area (Å²) in [5.74, 6) is 1.79. The highest BCUT2D eigenvalue weighted by Gasteiger charge is 2.35. The number of oxazole rings is 1. The first-order valence-electron chi connectivity index (χ1n) is 10.8. The average molecular weight is 402 g/mol. The summed E-state index contributed by atoms with van der Waals surface area (Å²) in [7, 11) is 1.88. The number of para-hydroxylation sites is 2. The molecule has 5 rings (SSSR count). The molecule has 2 fully saturated rings. The maximum absolute atomic E-state index is 13.0. The number of ketones is 1. The van der Waals surface area contributed by atoms with E-state index >= 15 is 0 Å². The number of Topliss-reactive ketones (excluding diaryl/α,β-unsaturated/α-hetero) is 1. The lowest BCUT2D eigenvalue weighted by Crippen LogP contribution is -2.35. The van der Waals surface area contributed by atoms with Crippen molar-refractivity contribution in [2.45, 2.75) is 44.6 Å². The molecule has 3 aromatic rings. The Morgan fingerprint density at radius 3 is 2.53 bits per heavy atom. The van der Waals surface area contributed by atoms with Crippen molar-refractivity contribution < 1.29 is 14.0 Å². The van der Waals surface area contributed by atoms with Crippen LogP contribution in [0.5, 0.6) is 0 Å². The number of benzene rings is 2. The number of fused-ring (bicyclic) bond motifs is 1. The van der Waals surface area contributed by atoms with E-state index in [0.29, 0.717) is 35.5 Å². The number of carbonyl (C=O) groups excluding carboxylic acids is 2. The fraction of sp³-hybridized carbons (Fsp3) is 0.400. The van der Waals surface area contributed by atoms with Crippen LogP contribution in [0.25, 0.3) is 22.6 Å². The second-order valence-corrected chi connectivity index (χ2v) is 8.76. The van der Waals surface area contributed by atoms with Crippen LogP contribution in [0.2, 0.25) is 0 Å². The molecule has 2 aliphatic carbocycles. The minimum atomic E-state index is 0.0262. The highest BCUT2D eigenvalue weighted by Crippen LogP contribution is 2.37. The maximum Gasteiger partial charge on any atom is 0.253 e. The van der Waals surface area contributed by atoms with Gasteiger partial charge in [-0.2, -0.15) is 0 Å². The number of hydrogen-bond acceptors (Lipinski definition) is 4. The third-order valence-corrected chi connectivity index (χ3v) is 6.58. The van der Waals surface area contributed by atoms with Gasteiger partial charge in [-0.15, -0.1) is 0 Å². The first-order valence-corrected chi connectivity index (χ1v) is 10.8. The summed E-state index contributed by atoms with van der Waals surface area (Å²) in [6.45, 7) is 0. The molecule has 0 unspecified atom stereocenters. The monoisotopic (exact) mass is 402 g/mol. The highest BCUT2D eigenvalue weighted by molar-refractivity contribution is 5.94. The zero-order valence-electron chi connectivity index (χ0n) is 17.2. The van der Waals surface area contributed by atoms with Gasteiger partial charge in [0.1, 0.15) is 11.3 Å². The van der Waals surface area contributed by atoms with Crippen LogP contribution in [0.3, 0.4) is 0 Å². The van der Waals surface area contributed by atoms with Crippen molar-refractivity contribution in [3.8, 4) is 11.5 Å². The Bertz CT molecular complexity index is 1050. The number of carbonyl (C=O) groups is 2. The molecule has 0 spiro atoms. The second-order valence-electron chi connectivity index (χ2n) is 8.76. The van der Waals surface area contributed by atoms with Gasteiger partial charge in [0.05, 0.1) is 0 Å². The fourth-order valence-electron chi connectivity index (χ4n) is 4.56. The van der Waals surface area contributed by atoms with Crippen molar-refractivity contribution in [2.24, 2.45) is 11.8 Å². The first kappa shape index (κ1) is 19.0. The van der Waals surface area contributed by atoms with Crippen molar-refractivity contribution in [1.29, 1.82) is 0 Å². The molecule has 2 saturated carbocycles. The molecule has 2 aromatic carbocycles. The Kier molecular flexibility index (Phi) is 4.89. The molecule has 0 radical (unpaired) electrons. The Balaban J connectivity index is 1.24. The van der Waals surface area contributed by atoms with Crippen molar-refractivity contribution in [3.63, 3.8) is 0 Å². The van der Waals surface area contributed by atoms with Crippen LogP contribution in [-0.2, 0) is 4.79 Å². The molecule has 0 saturated heterocycles. The summed E-state index contributed by atoms with van der Waals surface area (Å²) in [6, 6.07) is 15.3. The third kappa shape index (κ3) is 3.76. The van der Waals surface area contributed by atoms with E-state index in [9.17, 15) is 9.59 Å². The van der Waals surface area contributed by atoms with Crippen molar-refractivity contribution >= 4 is 22.8 Å². The summed E-state index contributed by atoms with van der Waals surface area (Å²) in [5, 5.41) is 0. The topological polar surface area (TPSA) is 63.4 Å². The van der Waals surface area contributed by atoms with Gasteiger partial charge in [-0.25, -0.2) is 4.98 Å². The van der Waals surface area contributed by atoms with Crippen LogP contribution in [0.15, 0.2) is 52.9 Å². The van der Waals surface area contributed by atoms with Crippen LogP contribution in [-0.4, -0.2) is 34.7 Å². The van der Waals surface area contributed by atoms with E-state index in [1.807, 2.05) is 60.5 Å². The van der Waals surface area contributed by atoms with Crippen molar-refractivity contribution in [1.82, 2.24) is 9.88 Å². The molecular weight excluding hydrogens is 376 g/mol. The van der Waals surface area contributed by atoms with Crippen LogP contribution in [0.4, 0.5) is 0 Å². The SMILES string of the molecule is CN(C(=O)c1ccc(-c2nc3ccccc3o2)cc1)[C@@H]1CC[C@H](CC(=O)C2CC2)C1. The summed E-state index contributed by atoms with van der Waals surface area (Å²) < 4.78 is 5.81. The van der Waals surface area contributed by atoms with Gasteiger partial charge in [0, 0.05) is 36.6 Å². The quantitative estimate of drug-likeness (QED) is 0.575. The Morgan fingerprint density at radius 2 is 1.80 bits per heavy atom. The molecular formula is C25H26N2O3. The summed E-state index contributed by atoms with van der Waals surface area (Å²) >= 11 is 0. The van der Waals surface area contributed by atoms with E-state index in [-0.39, 0.29) is 11.9 Å². The number of nitrogens with zero attached hydrogens (tertiary/aromatic N) is 2. The predicted molar refractivity (Wildman–Crippen MR) is 115 cm³/mol. The molecule has 2 aliphatic rings. The third-order valence-electron chi connectivity index (χ3n) is 6.58. The molecule has 0 aliphatic heterocycles. The Labute approximate surface area is 176 Å². The van der Waals surface area contributed by atoms with Crippen LogP contribution >= 0.6 is 0 Å². The number of aromatic nitrogens is 1. The molecule has 5 nitrogen and oxygen atoms in total. The van der Waals surface area contributed by atoms with Gasteiger partial charge >= 0.3 is 0 Å². The molecule has 2 atom stereocenters.